The Kier molecular flexibility index (Phi) is 5.65. The van der Waals surface area contributed by atoms with Crippen LogP contribution in [0.4, 0.5) is 0 Å². The van der Waals surface area contributed by atoms with Gasteiger partial charge in [0.1, 0.15) is 0 Å². The third-order valence-electron chi connectivity index (χ3n) is 2.66. The Bertz CT molecular complexity index is 191. The normalized spacial score (nSPS) is 22.7. The van der Waals surface area contributed by atoms with E-state index in [-0.39, 0.29) is 18.1 Å². The maximum atomic E-state index is 11.4. The second-order valence-corrected chi connectivity index (χ2v) is 4.19. The number of ether oxygens (including phenoxy) is 1. The van der Waals surface area contributed by atoms with Gasteiger partial charge in [-0.3, -0.25) is 4.79 Å². The van der Waals surface area contributed by atoms with Crippen LogP contribution in [0.25, 0.3) is 0 Å². The molecular formula is C11H22N2O2. The van der Waals surface area contributed by atoms with Crippen LogP contribution in [0.3, 0.4) is 0 Å². The van der Waals surface area contributed by atoms with Gasteiger partial charge in [-0.2, -0.15) is 0 Å². The fraction of sp³-hybridized carbons (Fsp3) is 0.909. The Labute approximate surface area is 91.5 Å². The molecule has 0 aromatic carbocycles. The van der Waals surface area contributed by atoms with Gasteiger partial charge in [-0.25, -0.2) is 0 Å². The molecule has 15 heavy (non-hydrogen) atoms. The molecule has 2 atom stereocenters. The molecule has 1 fully saturated rings. The van der Waals surface area contributed by atoms with E-state index in [0.29, 0.717) is 13.0 Å². The summed E-state index contributed by atoms with van der Waals surface area (Å²) in [7, 11) is 0. The lowest BCUT2D eigenvalue weighted by Crippen LogP contribution is -2.35. The molecule has 1 rings (SSSR count). The molecule has 0 saturated carbocycles. The highest BCUT2D eigenvalue weighted by Crippen LogP contribution is 2.10. The summed E-state index contributed by atoms with van der Waals surface area (Å²) in [6.45, 7) is 3.54. The second-order valence-electron chi connectivity index (χ2n) is 4.19. The number of rotatable bonds is 6. The standard InChI is InChI=1S/C11H22N2O2/c1-2-4-9(12)7-11(14)13-8-10-5-3-6-15-10/h9-10H,2-8,12H2,1H3,(H,13,14). The molecule has 0 bridgehead atoms. The predicted octanol–water partition coefficient (Wildman–Crippen LogP) is 0.799. The summed E-state index contributed by atoms with van der Waals surface area (Å²) in [5, 5.41) is 2.87. The minimum Gasteiger partial charge on any atom is -0.376 e. The van der Waals surface area contributed by atoms with Gasteiger partial charge >= 0.3 is 0 Å². The van der Waals surface area contributed by atoms with Gasteiger partial charge in [0.2, 0.25) is 5.91 Å². The lowest BCUT2D eigenvalue weighted by atomic mass is 10.1. The average Bonchev–Trinajstić information content (AvgIpc) is 2.67. The monoisotopic (exact) mass is 214 g/mol. The molecule has 4 nitrogen and oxygen atoms in total. The molecule has 0 aliphatic carbocycles. The molecule has 0 radical (unpaired) electrons. The van der Waals surface area contributed by atoms with Crippen molar-refractivity contribution in [3.05, 3.63) is 0 Å². The third kappa shape index (κ3) is 5.14. The van der Waals surface area contributed by atoms with Crippen molar-refractivity contribution in [2.75, 3.05) is 13.2 Å². The number of carbonyl (C=O) groups is 1. The maximum Gasteiger partial charge on any atom is 0.221 e. The summed E-state index contributed by atoms with van der Waals surface area (Å²) < 4.78 is 5.41. The SMILES string of the molecule is CCCC(N)CC(=O)NCC1CCCO1. The molecule has 0 aromatic rings. The number of hydrogen-bond donors (Lipinski definition) is 2. The molecule has 2 unspecified atom stereocenters. The quantitative estimate of drug-likeness (QED) is 0.687. The van der Waals surface area contributed by atoms with Gasteiger partial charge in [0.25, 0.3) is 0 Å². The minimum absolute atomic E-state index is 0.000466. The zero-order valence-corrected chi connectivity index (χ0v) is 9.50. The molecule has 0 spiro atoms. The van der Waals surface area contributed by atoms with Crippen LogP contribution in [0, 0.1) is 0 Å². The van der Waals surface area contributed by atoms with Crippen molar-refractivity contribution in [3.8, 4) is 0 Å². The van der Waals surface area contributed by atoms with Gasteiger partial charge in [-0.1, -0.05) is 13.3 Å². The second kappa shape index (κ2) is 6.80. The Balaban J connectivity index is 2.07. The van der Waals surface area contributed by atoms with E-state index in [4.69, 9.17) is 10.5 Å². The maximum absolute atomic E-state index is 11.4. The van der Waals surface area contributed by atoms with Crippen LogP contribution in [0.2, 0.25) is 0 Å². The first-order chi connectivity index (χ1) is 7.22. The lowest BCUT2D eigenvalue weighted by Gasteiger charge is -2.13. The summed E-state index contributed by atoms with van der Waals surface area (Å²) in [6.07, 6.45) is 4.75. The predicted molar refractivity (Wildman–Crippen MR) is 59.5 cm³/mol. The Morgan fingerprint density at radius 3 is 3.07 bits per heavy atom. The van der Waals surface area contributed by atoms with E-state index in [2.05, 4.69) is 12.2 Å². The van der Waals surface area contributed by atoms with Crippen molar-refractivity contribution in [1.29, 1.82) is 0 Å². The van der Waals surface area contributed by atoms with Crippen molar-refractivity contribution in [3.63, 3.8) is 0 Å². The number of carbonyl (C=O) groups excluding carboxylic acids is 1. The number of nitrogens with one attached hydrogen (secondary N) is 1. The Hall–Kier alpha value is -0.610. The van der Waals surface area contributed by atoms with Crippen LogP contribution >= 0.6 is 0 Å². The van der Waals surface area contributed by atoms with Gasteiger partial charge in [0.15, 0.2) is 0 Å². The minimum atomic E-state index is -0.000466. The van der Waals surface area contributed by atoms with Crippen LogP contribution in [0.1, 0.15) is 39.0 Å². The highest BCUT2D eigenvalue weighted by Gasteiger charge is 2.16. The number of hydrogen-bond acceptors (Lipinski definition) is 3. The fourth-order valence-corrected chi connectivity index (χ4v) is 1.82. The molecule has 1 aliphatic rings. The largest absolute Gasteiger partial charge is 0.376 e. The first kappa shape index (κ1) is 12.5. The smallest absolute Gasteiger partial charge is 0.221 e. The Morgan fingerprint density at radius 1 is 1.67 bits per heavy atom. The third-order valence-corrected chi connectivity index (χ3v) is 2.66. The average molecular weight is 214 g/mol. The van der Waals surface area contributed by atoms with E-state index in [1.54, 1.807) is 0 Å². The molecular weight excluding hydrogens is 192 g/mol. The lowest BCUT2D eigenvalue weighted by molar-refractivity contribution is -0.121. The van der Waals surface area contributed by atoms with Crippen molar-refractivity contribution in [2.24, 2.45) is 5.73 Å². The van der Waals surface area contributed by atoms with E-state index in [1.807, 2.05) is 0 Å². The summed E-state index contributed by atoms with van der Waals surface area (Å²) in [4.78, 5) is 11.4. The van der Waals surface area contributed by atoms with Crippen LogP contribution in [-0.4, -0.2) is 31.2 Å². The van der Waals surface area contributed by atoms with Gasteiger partial charge in [-0.05, 0) is 19.3 Å². The fourth-order valence-electron chi connectivity index (χ4n) is 1.82. The number of nitrogens with two attached hydrogens (primary N) is 1. The summed E-state index contributed by atoms with van der Waals surface area (Å²) in [6, 6.07) is -0.000466. The van der Waals surface area contributed by atoms with E-state index >= 15 is 0 Å². The first-order valence-electron chi connectivity index (χ1n) is 5.86. The molecule has 88 valence electrons. The molecule has 1 heterocycles. The zero-order chi connectivity index (χ0) is 11.1. The van der Waals surface area contributed by atoms with E-state index < -0.39 is 0 Å². The van der Waals surface area contributed by atoms with Crippen molar-refractivity contribution in [2.45, 2.75) is 51.2 Å². The summed E-state index contributed by atoms with van der Waals surface area (Å²) >= 11 is 0. The van der Waals surface area contributed by atoms with Gasteiger partial charge in [-0.15, -0.1) is 0 Å². The van der Waals surface area contributed by atoms with Crippen molar-refractivity contribution < 1.29 is 9.53 Å². The molecule has 1 amide bonds. The molecule has 0 aromatic heterocycles. The van der Waals surface area contributed by atoms with Crippen molar-refractivity contribution >= 4 is 5.91 Å². The first-order valence-corrected chi connectivity index (χ1v) is 5.86. The Morgan fingerprint density at radius 2 is 2.47 bits per heavy atom. The van der Waals surface area contributed by atoms with Crippen LogP contribution in [0.15, 0.2) is 0 Å². The molecule has 1 saturated heterocycles. The molecule has 4 heteroatoms. The van der Waals surface area contributed by atoms with E-state index in [9.17, 15) is 4.79 Å². The van der Waals surface area contributed by atoms with Gasteiger partial charge < -0.3 is 15.8 Å². The molecule has 1 aliphatic heterocycles. The number of amides is 1. The highest BCUT2D eigenvalue weighted by molar-refractivity contribution is 5.76. The molecule has 3 N–H and O–H groups in total. The van der Waals surface area contributed by atoms with Crippen molar-refractivity contribution in [1.82, 2.24) is 5.32 Å². The highest BCUT2D eigenvalue weighted by atomic mass is 16.5. The summed E-state index contributed by atoms with van der Waals surface area (Å²) in [5.41, 5.74) is 5.78. The topological polar surface area (TPSA) is 64.4 Å². The zero-order valence-electron chi connectivity index (χ0n) is 9.50. The van der Waals surface area contributed by atoms with Crippen LogP contribution < -0.4 is 11.1 Å². The van der Waals surface area contributed by atoms with Crippen LogP contribution in [-0.2, 0) is 9.53 Å². The van der Waals surface area contributed by atoms with E-state index in [1.165, 1.54) is 0 Å². The van der Waals surface area contributed by atoms with E-state index in [0.717, 1.165) is 32.3 Å². The van der Waals surface area contributed by atoms with Gasteiger partial charge in [0.05, 0.1) is 6.10 Å². The van der Waals surface area contributed by atoms with Gasteiger partial charge in [0, 0.05) is 25.6 Å². The van der Waals surface area contributed by atoms with Crippen LogP contribution in [0.5, 0.6) is 0 Å². The summed E-state index contributed by atoms with van der Waals surface area (Å²) in [5.74, 6) is 0.0476.